The van der Waals surface area contributed by atoms with E-state index in [2.05, 4.69) is 10.6 Å². The molecule has 6 nitrogen and oxygen atoms in total. The molecule has 1 amide bonds. The highest BCUT2D eigenvalue weighted by Gasteiger charge is 2.33. The minimum absolute atomic E-state index is 0. The average molecular weight is 420 g/mol. The Hall–Kier alpha value is -1.22. The fourth-order valence-corrected chi connectivity index (χ4v) is 5.19. The molecule has 152 valence electrons. The molecule has 27 heavy (non-hydrogen) atoms. The average Bonchev–Trinajstić information content (AvgIpc) is 3.15. The van der Waals surface area contributed by atoms with Gasteiger partial charge < -0.3 is 10.6 Å². The van der Waals surface area contributed by atoms with Gasteiger partial charge in [0.25, 0.3) is 0 Å². The molecule has 9 heteroatoms. The SMILES string of the molecule is Cl.O=C(NCCC1CCNC1)C1CCN(S(=O)(=O)c2ccccc2F)CC1. The molecule has 0 spiro atoms. The van der Waals surface area contributed by atoms with Crippen LogP contribution in [0.3, 0.4) is 0 Å². The second-order valence-corrected chi connectivity index (χ2v) is 8.95. The van der Waals surface area contributed by atoms with Crippen LogP contribution in [0.4, 0.5) is 4.39 Å². The first-order chi connectivity index (χ1) is 12.5. The summed E-state index contributed by atoms with van der Waals surface area (Å²) >= 11 is 0. The Balaban J connectivity index is 0.00000261. The lowest BCUT2D eigenvalue weighted by atomic mass is 9.97. The third kappa shape index (κ3) is 5.40. The Kier molecular flexibility index (Phi) is 8.03. The number of carbonyl (C=O) groups is 1. The number of nitrogens with one attached hydrogen (secondary N) is 2. The second-order valence-electron chi connectivity index (χ2n) is 7.05. The molecule has 0 aliphatic carbocycles. The van der Waals surface area contributed by atoms with E-state index in [0.717, 1.165) is 32.0 Å². The maximum Gasteiger partial charge on any atom is 0.245 e. The zero-order valence-electron chi connectivity index (χ0n) is 15.2. The van der Waals surface area contributed by atoms with Crippen molar-refractivity contribution in [1.82, 2.24) is 14.9 Å². The standard InChI is InChI=1S/C18H26FN3O3S.ClH/c19-16-3-1-2-4-17(16)26(24,25)22-11-7-15(8-12-22)18(23)21-10-6-14-5-9-20-13-14;/h1-4,14-15,20H,5-13H2,(H,21,23);1H. The van der Waals surface area contributed by atoms with Crippen molar-refractivity contribution < 1.29 is 17.6 Å². The first-order valence-electron chi connectivity index (χ1n) is 9.21. The smallest absolute Gasteiger partial charge is 0.245 e. The Morgan fingerprint density at radius 2 is 1.93 bits per heavy atom. The van der Waals surface area contributed by atoms with Crippen molar-refractivity contribution in [3.63, 3.8) is 0 Å². The topological polar surface area (TPSA) is 78.5 Å². The van der Waals surface area contributed by atoms with Crippen LogP contribution in [0.1, 0.15) is 25.7 Å². The molecule has 0 saturated carbocycles. The van der Waals surface area contributed by atoms with Gasteiger partial charge in [0.15, 0.2) is 0 Å². The summed E-state index contributed by atoms with van der Waals surface area (Å²) in [4.78, 5) is 12.0. The van der Waals surface area contributed by atoms with Gasteiger partial charge >= 0.3 is 0 Å². The van der Waals surface area contributed by atoms with E-state index in [1.165, 1.54) is 22.5 Å². The fourth-order valence-electron chi connectivity index (χ4n) is 3.66. The van der Waals surface area contributed by atoms with E-state index in [0.29, 0.717) is 25.3 Å². The van der Waals surface area contributed by atoms with Crippen molar-refractivity contribution in [2.24, 2.45) is 11.8 Å². The van der Waals surface area contributed by atoms with Gasteiger partial charge in [0, 0.05) is 25.6 Å². The Labute approximate surface area is 166 Å². The van der Waals surface area contributed by atoms with Gasteiger partial charge in [-0.25, -0.2) is 12.8 Å². The molecule has 3 rings (SSSR count). The summed E-state index contributed by atoms with van der Waals surface area (Å²) in [5.74, 6) is -0.292. The van der Waals surface area contributed by atoms with Gasteiger partial charge in [-0.1, -0.05) is 12.1 Å². The quantitative estimate of drug-likeness (QED) is 0.736. The van der Waals surface area contributed by atoms with Crippen LogP contribution in [0.2, 0.25) is 0 Å². The molecule has 2 aliphatic heterocycles. The third-order valence-electron chi connectivity index (χ3n) is 5.29. The number of amides is 1. The molecule has 1 aromatic carbocycles. The maximum absolute atomic E-state index is 13.8. The van der Waals surface area contributed by atoms with Gasteiger partial charge in [-0.05, 0) is 56.8 Å². The lowest BCUT2D eigenvalue weighted by Gasteiger charge is -2.30. The van der Waals surface area contributed by atoms with Crippen molar-refractivity contribution in [1.29, 1.82) is 0 Å². The first kappa shape index (κ1) is 22.1. The third-order valence-corrected chi connectivity index (χ3v) is 7.23. The predicted molar refractivity (Wildman–Crippen MR) is 104 cm³/mol. The van der Waals surface area contributed by atoms with Crippen molar-refractivity contribution >= 4 is 28.3 Å². The summed E-state index contributed by atoms with van der Waals surface area (Å²) < 4.78 is 40.3. The number of halogens is 2. The van der Waals surface area contributed by atoms with E-state index in [4.69, 9.17) is 0 Å². The highest BCUT2D eigenvalue weighted by Crippen LogP contribution is 2.25. The molecule has 1 atom stereocenters. The molecule has 2 aliphatic rings. The minimum Gasteiger partial charge on any atom is -0.356 e. The van der Waals surface area contributed by atoms with Crippen molar-refractivity contribution in [3.05, 3.63) is 30.1 Å². The molecule has 0 bridgehead atoms. The molecular formula is C18H27ClFN3O3S. The number of nitrogens with zero attached hydrogens (tertiary/aromatic N) is 1. The normalized spacial score (nSPS) is 21.6. The van der Waals surface area contributed by atoms with Gasteiger partial charge in [0.2, 0.25) is 15.9 Å². The number of hydrogen-bond donors (Lipinski definition) is 2. The lowest BCUT2D eigenvalue weighted by molar-refractivity contribution is -0.126. The van der Waals surface area contributed by atoms with Gasteiger partial charge in [0.1, 0.15) is 10.7 Å². The predicted octanol–water partition coefficient (Wildman–Crippen LogP) is 1.76. The van der Waals surface area contributed by atoms with E-state index >= 15 is 0 Å². The van der Waals surface area contributed by atoms with E-state index in [1.807, 2.05) is 0 Å². The van der Waals surface area contributed by atoms with Gasteiger partial charge in [-0.15, -0.1) is 12.4 Å². The number of rotatable bonds is 6. The Bertz CT molecular complexity index is 733. The van der Waals surface area contributed by atoms with E-state index in [1.54, 1.807) is 0 Å². The first-order valence-corrected chi connectivity index (χ1v) is 10.7. The molecule has 1 unspecified atom stereocenters. The maximum atomic E-state index is 13.8. The number of piperidine rings is 1. The van der Waals surface area contributed by atoms with Crippen LogP contribution in [0.15, 0.2) is 29.2 Å². The number of carbonyl (C=O) groups excluding carboxylic acids is 1. The number of hydrogen-bond acceptors (Lipinski definition) is 4. The van der Waals surface area contributed by atoms with Crippen LogP contribution < -0.4 is 10.6 Å². The minimum atomic E-state index is -3.85. The largest absolute Gasteiger partial charge is 0.356 e. The van der Waals surface area contributed by atoms with Crippen LogP contribution >= 0.6 is 12.4 Å². The van der Waals surface area contributed by atoms with E-state index in [9.17, 15) is 17.6 Å². The number of benzene rings is 1. The fraction of sp³-hybridized carbons (Fsp3) is 0.611. The van der Waals surface area contributed by atoms with Crippen LogP contribution in [-0.2, 0) is 14.8 Å². The Morgan fingerprint density at radius 3 is 2.56 bits per heavy atom. The van der Waals surface area contributed by atoms with Gasteiger partial charge in [0.05, 0.1) is 0 Å². The summed E-state index contributed by atoms with van der Waals surface area (Å²) in [5, 5.41) is 6.29. The van der Waals surface area contributed by atoms with Gasteiger partial charge in [-0.2, -0.15) is 4.31 Å². The van der Waals surface area contributed by atoms with Crippen LogP contribution in [-0.4, -0.2) is 51.4 Å². The van der Waals surface area contributed by atoms with Gasteiger partial charge in [-0.3, -0.25) is 4.79 Å². The van der Waals surface area contributed by atoms with Crippen molar-refractivity contribution in [3.8, 4) is 0 Å². The van der Waals surface area contributed by atoms with E-state index < -0.39 is 15.8 Å². The molecule has 2 fully saturated rings. The summed E-state index contributed by atoms with van der Waals surface area (Å²) in [5.41, 5.74) is 0. The molecule has 2 heterocycles. The van der Waals surface area contributed by atoms with Crippen LogP contribution in [0.25, 0.3) is 0 Å². The summed E-state index contributed by atoms with van der Waals surface area (Å²) in [6.45, 7) is 3.21. The summed E-state index contributed by atoms with van der Waals surface area (Å²) in [6.07, 6.45) is 3.05. The summed E-state index contributed by atoms with van der Waals surface area (Å²) in [7, 11) is -3.85. The summed E-state index contributed by atoms with van der Waals surface area (Å²) in [6, 6.07) is 5.40. The molecule has 2 saturated heterocycles. The number of sulfonamides is 1. The van der Waals surface area contributed by atoms with E-state index in [-0.39, 0.29) is 42.2 Å². The Morgan fingerprint density at radius 1 is 1.22 bits per heavy atom. The molecule has 0 radical (unpaired) electrons. The lowest BCUT2D eigenvalue weighted by Crippen LogP contribution is -2.43. The monoisotopic (exact) mass is 419 g/mol. The van der Waals surface area contributed by atoms with Crippen molar-refractivity contribution in [2.45, 2.75) is 30.6 Å². The van der Waals surface area contributed by atoms with Crippen LogP contribution in [0, 0.1) is 17.7 Å². The molecule has 0 aromatic heterocycles. The van der Waals surface area contributed by atoms with Crippen LogP contribution in [0.5, 0.6) is 0 Å². The highest BCUT2D eigenvalue weighted by atomic mass is 35.5. The second kappa shape index (κ2) is 9.82. The zero-order chi connectivity index (χ0) is 18.6. The highest BCUT2D eigenvalue weighted by molar-refractivity contribution is 7.89. The molecule has 2 N–H and O–H groups in total. The van der Waals surface area contributed by atoms with Crippen molar-refractivity contribution in [2.75, 3.05) is 32.7 Å². The zero-order valence-corrected chi connectivity index (χ0v) is 16.8. The molecule has 1 aromatic rings. The molecular weight excluding hydrogens is 393 g/mol.